The van der Waals surface area contributed by atoms with Crippen molar-refractivity contribution in [1.82, 2.24) is 14.9 Å². The number of halogens is 1. The number of aromatic nitrogens is 2. The van der Waals surface area contributed by atoms with Crippen molar-refractivity contribution in [3.8, 4) is 0 Å². The van der Waals surface area contributed by atoms with E-state index in [4.69, 9.17) is 0 Å². The molecule has 0 bridgehead atoms. The first-order valence-corrected chi connectivity index (χ1v) is 7.69. The second kappa shape index (κ2) is 7.08. The van der Waals surface area contributed by atoms with Crippen molar-refractivity contribution >= 4 is 5.91 Å². The molecule has 1 aromatic heterocycles. The third-order valence-corrected chi connectivity index (χ3v) is 3.83. The molecule has 5 heteroatoms. The lowest BCUT2D eigenvalue weighted by atomic mass is 10.1. The van der Waals surface area contributed by atoms with Crippen LogP contribution in [0.5, 0.6) is 0 Å². The average molecular weight is 323 g/mol. The molecule has 0 radical (unpaired) electrons. The Bertz CT molecular complexity index is 812. The molecule has 0 saturated heterocycles. The van der Waals surface area contributed by atoms with E-state index in [1.165, 1.54) is 12.1 Å². The lowest BCUT2D eigenvalue weighted by Gasteiger charge is -2.19. The zero-order valence-corrected chi connectivity index (χ0v) is 13.3. The molecule has 122 valence electrons. The maximum Gasteiger partial charge on any atom is 0.225 e. The zero-order chi connectivity index (χ0) is 16.9. The highest BCUT2D eigenvalue weighted by molar-refractivity contribution is 5.79. The SMILES string of the molecule is Cn1ccnc1[C@H](NC(=O)Cc1ccc(F)cc1)c1ccccc1. The number of nitrogens with one attached hydrogen (secondary N) is 1. The van der Waals surface area contributed by atoms with Gasteiger partial charge in [0.15, 0.2) is 0 Å². The summed E-state index contributed by atoms with van der Waals surface area (Å²) in [6.07, 6.45) is 3.74. The van der Waals surface area contributed by atoms with Crippen LogP contribution in [0.4, 0.5) is 4.39 Å². The summed E-state index contributed by atoms with van der Waals surface area (Å²) in [5.41, 5.74) is 1.72. The standard InChI is InChI=1S/C19H18FN3O/c1-23-12-11-21-19(23)18(15-5-3-2-4-6-15)22-17(24)13-14-7-9-16(20)10-8-14/h2-12,18H,13H2,1H3,(H,22,24)/t18-/m1/s1. The van der Waals surface area contributed by atoms with Crippen molar-refractivity contribution in [3.63, 3.8) is 0 Å². The molecule has 0 aliphatic rings. The van der Waals surface area contributed by atoms with Gasteiger partial charge in [-0.05, 0) is 23.3 Å². The molecule has 1 amide bonds. The first-order valence-electron chi connectivity index (χ1n) is 7.69. The van der Waals surface area contributed by atoms with Crippen molar-refractivity contribution in [2.24, 2.45) is 7.05 Å². The van der Waals surface area contributed by atoms with Gasteiger partial charge in [0.2, 0.25) is 5.91 Å². The lowest BCUT2D eigenvalue weighted by molar-refractivity contribution is -0.121. The predicted octanol–water partition coefficient (Wildman–Crippen LogP) is 3.01. The lowest BCUT2D eigenvalue weighted by Crippen LogP contribution is -2.32. The fraction of sp³-hybridized carbons (Fsp3) is 0.158. The second-order valence-corrected chi connectivity index (χ2v) is 5.61. The van der Waals surface area contributed by atoms with Gasteiger partial charge in [-0.25, -0.2) is 9.37 Å². The van der Waals surface area contributed by atoms with Crippen molar-refractivity contribution in [3.05, 3.63) is 89.8 Å². The summed E-state index contributed by atoms with van der Waals surface area (Å²) >= 11 is 0. The Labute approximate surface area is 140 Å². The molecule has 2 aromatic carbocycles. The van der Waals surface area contributed by atoms with E-state index in [1.54, 1.807) is 18.3 Å². The summed E-state index contributed by atoms with van der Waals surface area (Å²) in [5.74, 6) is 0.307. The van der Waals surface area contributed by atoms with Crippen molar-refractivity contribution in [2.45, 2.75) is 12.5 Å². The second-order valence-electron chi connectivity index (χ2n) is 5.61. The van der Waals surface area contributed by atoms with Crippen LogP contribution in [0.2, 0.25) is 0 Å². The number of carbonyl (C=O) groups is 1. The van der Waals surface area contributed by atoms with Crippen LogP contribution in [0.25, 0.3) is 0 Å². The van der Waals surface area contributed by atoms with Gasteiger partial charge < -0.3 is 9.88 Å². The molecule has 0 saturated carbocycles. The third kappa shape index (κ3) is 3.68. The molecular weight excluding hydrogens is 305 g/mol. The molecule has 3 aromatic rings. The van der Waals surface area contributed by atoms with Crippen LogP contribution in [0.1, 0.15) is 23.0 Å². The number of carbonyl (C=O) groups excluding carboxylic acids is 1. The van der Waals surface area contributed by atoms with Gasteiger partial charge in [0.1, 0.15) is 17.7 Å². The fourth-order valence-corrected chi connectivity index (χ4v) is 2.60. The van der Waals surface area contributed by atoms with E-state index in [9.17, 15) is 9.18 Å². The number of amides is 1. The van der Waals surface area contributed by atoms with E-state index < -0.39 is 0 Å². The first kappa shape index (κ1) is 15.9. The number of aryl methyl sites for hydroxylation is 1. The largest absolute Gasteiger partial charge is 0.342 e. The zero-order valence-electron chi connectivity index (χ0n) is 13.3. The number of benzene rings is 2. The van der Waals surface area contributed by atoms with E-state index >= 15 is 0 Å². The molecule has 0 fully saturated rings. The van der Waals surface area contributed by atoms with Gasteiger partial charge >= 0.3 is 0 Å². The Morgan fingerprint density at radius 1 is 1.17 bits per heavy atom. The van der Waals surface area contributed by atoms with Crippen LogP contribution < -0.4 is 5.32 Å². The minimum absolute atomic E-state index is 0.140. The van der Waals surface area contributed by atoms with Gasteiger partial charge in [-0.3, -0.25) is 4.79 Å². The Hall–Kier alpha value is -2.95. The smallest absolute Gasteiger partial charge is 0.225 e. The van der Waals surface area contributed by atoms with Crippen molar-refractivity contribution in [2.75, 3.05) is 0 Å². The number of hydrogen-bond acceptors (Lipinski definition) is 2. The fourth-order valence-electron chi connectivity index (χ4n) is 2.60. The van der Waals surface area contributed by atoms with Crippen LogP contribution in [0, 0.1) is 5.82 Å². The molecule has 0 aliphatic heterocycles. The molecule has 1 atom stereocenters. The number of nitrogens with zero attached hydrogens (tertiary/aromatic N) is 2. The molecule has 24 heavy (non-hydrogen) atoms. The van der Waals surface area contributed by atoms with Gasteiger partial charge in [-0.15, -0.1) is 0 Å². The molecule has 1 N–H and O–H groups in total. The van der Waals surface area contributed by atoms with Crippen LogP contribution in [0.15, 0.2) is 67.0 Å². The number of rotatable bonds is 5. The van der Waals surface area contributed by atoms with Crippen LogP contribution in [0.3, 0.4) is 0 Å². The van der Waals surface area contributed by atoms with E-state index in [0.717, 1.165) is 17.0 Å². The summed E-state index contributed by atoms with van der Waals surface area (Å²) in [5, 5.41) is 3.02. The third-order valence-electron chi connectivity index (χ3n) is 3.83. The maximum absolute atomic E-state index is 13.0. The Balaban J connectivity index is 1.80. The van der Waals surface area contributed by atoms with E-state index in [-0.39, 0.29) is 24.2 Å². The number of hydrogen-bond donors (Lipinski definition) is 1. The van der Waals surface area contributed by atoms with E-state index in [2.05, 4.69) is 10.3 Å². The highest BCUT2D eigenvalue weighted by Crippen LogP contribution is 2.20. The van der Waals surface area contributed by atoms with Crippen LogP contribution in [-0.2, 0) is 18.3 Å². The highest BCUT2D eigenvalue weighted by Gasteiger charge is 2.20. The number of imidazole rings is 1. The summed E-state index contributed by atoms with van der Waals surface area (Å²) in [4.78, 5) is 16.8. The van der Waals surface area contributed by atoms with Gasteiger partial charge in [0.25, 0.3) is 0 Å². The minimum atomic E-state index is -0.334. The predicted molar refractivity (Wildman–Crippen MR) is 89.7 cm³/mol. The van der Waals surface area contributed by atoms with Gasteiger partial charge in [-0.1, -0.05) is 42.5 Å². The summed E-state index contributed by atoms with van der Waals surface area (Å²) in [7, 11) is 1.89. The Morgan fingerprint density at radius 2 is 1.88 bits per heavy atom. The maximum atomic E-state index is 13.0. The van der Waals surface area contributed by atoms with Gasteiger partial charge in [0.05, 0.1) is 6.42 Å². The molecule has 3 rings (SSSR count). The summed E-state index contributed by atoms with van der Waals surface area (Å²) in [6, 6.07) is 15.3. The summed E-state index contributed by atoms with van der Waals surface area (Å²) < 4.78 is 14.9. The van der Waals surface area contributed by atoms with Crippen LogP contribution in [-0.4, -0.2) is 15.5 Å². The highest BCUT2D eigenvalue weighted by atomic mass is 19.1. The van der Waals surface area contributed by atoms with Gasteiger partial charge in [-0.2, -0.15) is 0 Å². The Morgan fingerprint density at radius 3 is 2.50 bits per heavy atom. The van der Waals surface area contributed by atoms with Gasteiger partial charge in [0, 0.05) is 19.4 Å². The minimum Gasteiger partial charge on any atom is -0.342 e. The molecule has 0 spiro atoms. The molecular formula is C19H18FN3O. The van der Waals surface area contributed by atoms with Crippen molar-refractivity contribution in [1.29, 1.82) is 0 Å². The van der Waals surface area contributed by atoms with Crippen molar-refractivity contribution < 1.29 is 9.18 Å². The first-order chi connectivity index (χ1) is 11.6. The monoisotopic (exact) mass is 323 g/mol. The summed E-state index contributed by atoms with van der Waals surface area (Å²) in [6.45, 7) is 0. The van der Waals surface area contributed by atoms with Crippen LogP contribution >= 0.6 is 0 Å². The van der Waals surface area contributed by atoms with E-state index in [0.29, 0.717) is 0 Å². The topological polar surface area (TPSA) is 46.9 Å². The molecule has 1 heterocycles. The van der Waals surface area contributed by atoms with E-state index in [1.807, 2.05) is 48.1 Å². The molecule has 4 nitrogen and oxygen atoms in total. The average Bonchev–Trinajstić information content (AvgIpc) is 3.01. The molecule has 0 unspecified atom stereocenters. The molecule has 0 aliphatic carbocycles. The quantitative estimate of drug-likeness (QED) is 0.784. The Kier molecular flexibility index (Phi) is 4.70. The normalized spacial score (nSPS) is 11.9.